The molecular formula is C15H11F3N4O. The summed E-state index contributed by atoms with van der Waals surface area (Å²) in [6, 6.07) is 7.14. The molecule has 0 amide bonds. The first-order chi connectivity index (χ1) is 11.0. The topological polar surface area (TPSA) is 62.8 Å². The van der Waals surface area contributed by atoms with Gasteiger partial charge in [0.25, 0.3) is 0 Å². The molecule has 1 aromatic carbocycles. The van der Waals surface area contributed by atoms with Crippen LogP contribution in [0.3, 0.4) is 0 Å². The smallest absolute Gasteiger partial charge is 0.418 e. The predicted molar refractivity (Wildman–Crippen MR) is 77.2 cm³/mol. The Balaban J connectivity index is 1.77. The quantitative estimate of drug-likeness (QED) is 0.758. The minimum absolute atomic E-state index is 0.0654. The van der Waals surface area contributed by atoms with Crippen LogP contribution in [0.5, 0.6) is 5.75 Å². The van der Waals surface area contributed by atoms with E-state index in [0.29, 0.717) is 6.61 Å². The predicted octanol–water partition coefficient (Wildman–Crippen LogP) is 3.52. The molecule has 5 nitrogen and oxygen atoms in total. The van der Waals surface area contributed by atoms with Gasteiger partial charge in [0.2, 0.25) is 0 Å². The standard InChI is InChI=1S/C15H11F3N4O/c16-15(17,18)9-5-19-13-12(9)14(21-7-20-13)22-10-6-23-11-4-2-1-3-8(10)11/h1-5,7,10H,6H2,(H2,19,20,21,22)/t10-/m1/s1. The minimum atomic E-state index is -4.48. The normalized spacial score (nSPS) is 17.1. The molecule has 0 unspecified atom stereocenters. The number of hydrogen-bond donors (Lipinski definition) is 2. The fraction of sp³-hybridized carbons (Fsp3) is 0.200. The van der Waals surface area contributed by atoms with E-state index in [9.17, 15) is 13.2 Å². The van der Waals surface area contributed by atoms with Crippen molar-refractivity contribution in [3.05, 3.63) is 47.9 Å². The van der Waals surface area contributed by atoms with E-state index in [4.69, 9.17) is 4.74 Å². The summed E-state index contributed by atoms with van der Waals surface area (Å²) >= 11 is 0. The van der Waals surface area contributed by atoms with Gasteiger partial charge in [-0.05, 0) is 6.07 Å². The van der Waals surface area contributed by atoms with Gasteiger partial charge in [0.15, 0.2) is 0 Å². The van der Waals surface area contributed by atoms with Gasteiger partial charge in [-0.15, -0.1) is 0 Å². The molecule has 2 aromatic heterocycles. The third-order valence-corrected chi connectivity index (χ3v) is 3.79. The lowest BCUT2D eigenvalue weighted by Crippen LogP contribution is -2.14. The summed E-state index contributed by atoms with van der Waals surface area (Å²) in [5.41, 5.74) is 0.244. The van der Waals surface area contributed by atoms with Crippen LogP contribution in [-0.2, 0) is 6.18 Å². The summed E-state index contributed by atoms with van der Waals surface area (Å²) < 4.78 is 45.0. The first-order valence-corrected chi connectivity index (χ1v) is 6.91. The molecule has 0 aliphatic carbocycles. The summed E-state index contributed by atoms with van der Waals surface area (Å²) in [5.74, 6) is 0.856. The Morgan fingerprint density at radius 1 is 1.22 bits per heavy atom. The minimum Gasteiger partial charge on any atom is -0.491 e. The van der Waals surface area contributed by atoms with Crippen molar-refractivity contribution in [3.63, 3.8) is 0 Å². The lowest BCUT2D eigenvalue weighted by atomic mass is 10.1. The average Bonchev–Trinajstić information content (AvgIpc) is 3.12. The van der Waals surface area contributed by atoms with E-state index in [1.165, 1.54) is 6.33 Å². The number of para-hydroxylation sites is 1. The molecule has 1 atom stereocenters. The third-order valence-electron chi connectivity index (χ3n) is 3.79. The molecule has 23 heavy (non-hydrogen) atoms. The van der Waals surface area contributed by atoms with Crippen molar-refractivity contribution in [2.75, 3.05) is 11.9 Å². The number of ether oxygens (including phenoxy) is 1. The Hall–Kier alpha value is -2.77. The van der Waals surface area contributed by atoms with Gasteiger partial charge in [0.05, 0.1) is 17.0 Å². The van der Waals surface area contributed by atoms with Crippen molar-refractivity contribution < 1.29 is 17.9 Å². The Labute approximate surface area is 128 Å². The zero-order valence-corrected chi connectivity index (χ0v) is 11.7. The number of alkyl halides is 3. The van der Waals surface area contributed by atoms with E-state index in [0.717, 1.165) is 17.5 Å². The maximum Gasteiger partial charge on any atom is 0.418 e. The second-order valence-electron chi connectivity index (χ2n) is 5.19. The van der Waals surface area contributed by atoms with E-state index in [1.54, 1.807) is 0 Å². The van der Waals surface area contributed by atoms with Crippen LogP contribution in [0.15, 0.2) is 36.8 Å². The highest BCUT2D eigenvalue weighted by atomic mass is 19.4. The van der Waals surface area contributed by atoms with Gasteiger partial charge < -0.3 is 15.0 Å². The molecular weight excluding hydrogens is 309 g/mol. The van der Waals surface area contributed by atoms with E-state index < -0.39 is 11.7 Å². The molecule has 8 heteroatoms. The summed E-state index contributed by atoms with van der Waals surface area (Å²) in [6.07, 6.45) is -2.35. The molecule has 2 N–H and O–H groups in total. The molecule has 0 bridgehead atoms. The number of anilines is 1. The van der Waals surface area contributed by atoms with Crippen molar-refractivity contribution in [3.8, 4) is 5.75 Å². The van der Waals surface area contributed by atoms with Gasteiger partial charge in [-0.25, -0.2) is 9.97 Å². The van der Waals surface area contributed by atoms with Crippen molar-refractivity contribution in [1.29, 1.82) is 0 Å². The third kappa shape index (κ3) is 2.26. The summed E-state index contributed by atoms with van der Waals surface area (Å²) in [5, 5.41) is 2.98. The highest BCUT2D eigenvalue weighted by Gasteiger charge is 2.36. The molecule has 1 aliphatic rings. The summed E-state index contributed by atoms with van der Waals surface area (Å²) in [6.45, 7) is 0.330. The van der Waals surface area contributed by atoms with Crippen LogP contribution in [-0.4, -0.2) is 21.6 Å². The van der Waals surface area contributed by atoms with E-state index >= 15 is 0 Å². The number of fused-ring (bicyclic) bond motifs is 2. The fourth-order valence-electron chi connectivity index (χ4n) is 2.74. The number of aromatic nitrogens is 3. The zero-order valence-electron chi connectivity index (χ0n) is 11.7. The number of aromatic amines is 1. The number of hydrogen-bond acceptors (Lipinski definition) is 4. The molecule has 0 saturated heterocycles. The molecule has 3 aromatic rings. The van der Waals surface area contributed by atoms with Gasteiger partial charge in [-0.1, -0.05) is 18.2 Å². The number of nitrogens with one attached hydrogen (secondary N) is 2. The second-order valence-corrected chi connectivity index (χ2v) is 5.19. The maximum absolute atomic E-state index is 13.2. The maximum atomic E-state index is 13.2. The second kappa shape index (κ2) is 4.87. The first-order valence-electron chi connectivity index (χ1n) is 6.91. The number of benzene rings is 1. The van der Waals surface area contributed by atoms with Crippen LogP contribution in [0.1, 0.15) is 17.2 Å². The number of nitrogens with zero attached hydrogens (tertiary/aromatic N) is 2. The highest BCUT2D eigenvalue weighted by Crippen LogP contribution is 2.39. The summed E-state index contributed by atoms with van der Waals surface area (Å²) in [7, 11) is 0. The number of halogens is 3. The van der Waals surface area contributed by atoms with Crippen molar-refractivity contribution >= 4 is 16.9 Å². The van der Waals surface area contributed by atoms with E-state index in [2.05, 4.69) is 20.3 Å². The molecule has 0 radical (unpaired) electrons. The molecule has 1 aliphatic heterocycles. The Morgan fingerprint density at radius 2 is 2.04 bits per heavy atom. The summed E-state index contributed by atoms with van der Waals surface area (Å²) in [4.78, 5) is 10.4. The number of rotatable bonds is 2. The first kappa shape index (κ1) is 13.9. The van der Waals surface area contributed by atoms with Gasteiger partial charge in [0.1, 0.15) is 30.1 Å². The Morgan fingerprint density at radius 3 is 2.87 bits per heavy atom. The molecule has 0 spiro atoms. The molecule has 3 heterocycles. The monoisotopic (exact) mass is 320 g/mol. The van der Waals surface area contributed by atoms with Crippen LogP contribution in [0.25, 0.3) is 11.0 Å². The van der Waals surface area contributed by atoms with Gasteiger partial charge in [-0.2, -0.15) is 13.2 Å². The Bertz CT molecular complexity index is 875. The van der Waals surface area contributed by atoms with Gasteiger partial charge >= 0.3 is 6.18 Å². The van der Waals surface area contributed by atoms with Crippen molar-refractivity contribution in [2.45, 2.75) is 12.2 Å². The van der Waals surface area contributed by atoms with Gasteiger partial charge in [-0.3, -0.25) is 0 Å². The Kier molecular flexibility index (Phi) is 2.93. The van der Waals surface area contributed by atoms with Crippen LogP contribution < -0.4 is 10.1 Å². The largest absolute Gasteiger partial charge is 0.491 e. The van der Waals surface area contributed by atoms with Crippen LogP contribution in [0, 0.1) is 0 Å². The van der Waals surface area contributed by atoms with Crippen LogP contribution in [0.4, 0.5) is 19.0 Å². The van der Waals surface area contributed by atoms with E-state index in [1.807, 2.05) is 24.3 Å². The SMILES string of the molecule is FC(F)(F)c1c[nH]c2ncnc(N[C@@H]3COc4ccccc43)c12. The molecule has 4 rings (SSSR count). The van der Waals surface area contributed by atoms with Gasteiger partial charge in [0, 0.05) is 11.8 Å². The van der Waals surface area contributed by atoms with Crippen LogP contribution in [0.2, 0.25) is 0 Å². The van der Waals surface area contributed by atoms with Crippen molar-refractivity contribution in [1.82, 2.24) is 15.0 Å². The average molecular weight is 320 g/mol. The lowest BCUT2D eigenvalue weighted by Gasteiger charge is -2.14. The lowest BCUT2D eigenvalue weighted by molar-refractivity contribution is -0.136. The zero-order chi connectivity index (χ0) is 16.0. The van der Waals surface area contributed by atoms with Crippen LogP contribution >= 0.6 is 0 Å². The van der Waals surface area contributed by atoms with Crippen molar-refractivity contribution in [2.24, 2.45) is 0 Å². The molecule has 118 valence electrons. The molecule has 0 fully saturated rings. The van der Waals surface area contributed by atoms with E-state index in [-0.39, 0.29) is 22.9 Å². The molecule has 0 saturated carbocycles. The fourth-order valence-corrected chi connectivity index (χ4v) is 2.74. The number of H-pyrrole nitrogens is 1. The highest BCUT2D eigenvalue weighted by molar-refractivity contribution is 5.91.